The Morgan fingerprint density at radius 1 is 1.58 bits per heavy atom. The van der Waals surface area contributed by atoms with Gasteiger partial charge in [-0.1, -0.05) is 29.8 Å². The number of hydrogen-bond donors (Lipinski definition) is 1. The SMILES string of the molecule is CCc1cc(Br)ccc1NC(=O)C1(C#N)CC(C)C1. The predicted octanol–water partition coefficient (Wildman–Crippen LogP) is 3.89. The Hall–Kier alpha value is -1.34. The van der Waals surface area contributed by atoms with Gasteiger partial charge in [0.1, 0.15) is 5.41 Å². The molecule has 0 aromatic heterocycles. The van der Waals surface area contributed by atoms with Crippen LogP contribution in [-0.4, -0.2) is 5.91 Å². The second-order valence-corrected chi connectivity index (χ2v) is 6.23. The van der Waals surface area contributed by atoms with Gasteiger partial charge in [0.05, 0.1) is 6.07 Å². The molecule has 0 atom stereocenters. The van der Waals surface area contributed by atoms with E-state index in [1.807, 2.05) is 25.1 Å². The van der Waals surface area contributed by atoms with Gasteiger partial charge in [-0.05, 0) is 48.9 Å². The number of rotatable bonds is 3. The van der Waals surface area contributed by atoms with Crippen LogP contribution in [0.5, 0.6) is 0 Å². The van der Waals surface area contributed by atoms with Crippen molar-refractivity contribution in [3.63, 3.8) is 0 Å². The summed E-state index contributed by atoms with van der Waals surface area (Å²) in [7, 11) is 0. The van der Waals surface area contributed by atoms with E-state index in [1.54, 1.807) is 0 Å². The second-order valence-electron chi connectivity index (χ2n) is 5.32. The highest BCUT2D eigenvalue weighted by molar-refractivity contribution is 9.10. The summed E-state index contributed by atoms with van der Waals surface area (Å²) < 4.78 is 0.995. The van der Waals surface area contributed by atoms with Gasteiger partial charge in [0.2, 0.25) is 5.91 Å². The van der Waals surface area contributed by atoms with E-state index < -0.39 is 5.41 Å². The molecule has 1 saturated carbocycles. The molecule has 19 heavy (non-hydrogen) atoms. The summed E-state index contributed by atoms with van der Waals surface area (Å²) in [5.41, 5.74) is 1.06. The number of anilines is 1. The molecule has 1 aromatic carbocycles. The van der Waals surface area contributed by atoms with E-state index in [4.69, 9.17) is 0 Å². The fourth-order valence-electron chi connectivity index (χ4n) is 2.68. The summed E-state index contributed by atoms with van der Waals surface area (Å²) >= 11 is 3.42. The van der Waals surface area contributed by atoms with Gasteiger partial charge < -0.3 is 5.32 Å². The quantitative estimate of drug-likeness (QED) is 0.918. The number of carbonyl (C=O) groups excluding carboxylic acids is 1. The van der Waals surface area contributed by atoms with Crippen LogP contribution in [0.3, 0.4) is 0 Å². The molecule has 0 radical (unpaired) electrons. The standard InChI is InChI=1S/C15H17BrN2O/c1-3-11-6-12(16)4-5-13(11)18-14(19)15(9-17)7-10(2)8-15/h4-6,10H,3,7-8H2,1-2H3,(H,18,19). The second kappa shape index (κ2) is 5.34. The van der Waals surface area contributed by atoms with Crippen LogP contribution in [-0.2, 0) is 11.2 Å². The molecule has 1 N–H and O–H groups in total. The van der Waals surface area contributed by atoms with Crippen LogP contribution < -0.4 is 5.32 Å². The molecule has 0 heterocycles. The van der Waals surface area contributed by atoms with Gasteiger partial charge in [-0.25, -0.2) is 0 Å². The topological polar surface area (TPSA) is 52.9 Å². The molecule has 100 valence electrons. The third-order valence-electron chi connectivity index (χ3n) is 3.74. The molecular formula is C15H17BrN2O. The monoisotopic (exact) mass is 320 g/mol. The molecule has 0 unspecified atom stereocenters. The van der Waals surface area contributed by atoms with Gasteiger partial charge in [-0.2, -0.15) is 5.26 Å². The van der Waals surface area contributed by atoms with Gasteiger partial charge in [0, 0.05) is 10.2 Å². The van der Waals surface area contributed by atoms with Crippen LogP contribution in [0.25, 0.3) is 0 Å². The summed E-state index contributed by atoms with van der Waals surface area (Å²) in [5.74, 6) is 0.297. The Morgan fingerprint density at radius 2 is 2.26 bits per heavy atom. The zero-order valence-electron chi connectivity index (χ0n) is 11.2. The normalized spacial score (nSPS) is 25.3. The van der Waals surface area contributed by atoms with Crippen LogP contribution in [0.15, 0.2) is 22.7 Å². The van der Waals surface area contributed by atoms with Crippen LogP contribution in [0.2, 0.25) is 0 Å². The lowest BCUT2D eigenvalue weighted by Crippen LogP contribution is -2.45. The van der Waals surface area contributed by atoms with Crippen molar-refractivity contribution >= 4 is 27.5 Å². The van der Waals surface area contributed by atoms with E-state index in [0.717, 1.165) is 22.1 Å². The molecule has 0 bridgehead atoms. The molecule has 1 aromatic rings. The molecule has 0 spiro atoms. The number of benzene rings is 1. The van der Waals surface area contributed by atoms with Crippen molar-refractivity contribution in [2.24, 2.45) is 11.3 Å². The zero-order chi connectivity index (χ0) is 14.0. The molecule has 1 aliphatic rings. The molecular weight excluding hydrogens is 304 g/mol. The molecule has 3 nitrogen and oxygen atoms in total. The van der Waals surface area contributed by atoms with Gasteiger partial charge in [0.15, 0.2) is 0 Å². The first-order chi connectivity index (χ1) is 9.00. The average Bonchev–Trinajstić information content (AvgIpc) is 2.36. The van der Waals surface area contributed by atoms with E-state index in [9.17, 15) is 10.1 Å². The maximum Gasteiger partial charge on any atom is 0.244 e. The third kappa shape index (κ3) is 2.66. The van der Waals surface area contributed by atoms with Crippen molar-refractivity contribution in [3.8, 4) is 6.07 Å². The zero-order valence-corrected chi connectivity index (χ0v) is 12.8. The first kappa shape index (κ1) is 14.1. The van der Waals surface area contributed by atoms with E-state index in [0.29, 0.717) is 18.8 Å². The van der Waals surface area contributed by atoms with Crippen LogP contribution in [0.1, 0.15) is 32.3 Å². The first-order valence-corrected chi connectivity index (χ1v) is 7.31. The molecule has 1 aliphatic carbocycles. The minimum Gasteiger partial charge on any atom is -0.324 e. The van der Waals surface area contributed by atoms with E-state index in [1.165, 1.54) is 0 Å². The maximum atomic E-state index is 12.3. The van der Waals surface area contributed by atoms with Gasteiger partial charge >= 0.3 is 0 Å². The summed E-state index contributed by atoms with van der Waals surface area (Å²) in [6.45, 7) is 4.11. The third-order valence-corrected chi connectivity index (χ3v) is 4.23. The van der Waals surface area contributed by atoms with E-state index in [-0.39, 0.29) is 5.91 Å². The molecule has 1 fully saturated rings. The Morgan fingerprint density at radius 3 is 2.79 bits per heavy atom. The van der Waals surface area contributed by atoms with Crippen molar-refractivity contribution in [3.05, 3.63) is 28.2 Å². The number of nitrogens with one attached hydrogen (secondary N) is 1. The van der Waals surface area contributed by atoms with Gasteiger partial charge in [0.25, 0.3) is 0 Å². The fraction of sp³-hybridized carbons (Fsp3) is 0.467. The minimum absolute atomic E-state index is 0.162. The van der Waals surface area contributed by atoms with Crippen molar-refractivity contribution in [1.82, 2.24) is 0 Å². The number of nitriles is 1. The summed E-state index contributed by atoms with van der Waals surface area (Å²) in [6.07, 6.45) is 2.16. The first-order valence-electron chi connectivity index (χ1n) is 6.52. The van der Waals surface area contributed by atoms with Crippen molar-refractivity contribution < 1.29 is 4.79 Å². The maximum absolute atomic E-state index is 12.3. The molecule has 1 amide bonds. The van der Waals surface area contributed by atoms with Crippen LogP contribution >= 0.6 is 15.9 Å². The number of hydrogen-bond acceptors (Lipinski definition) is 2. The lowest BCUT2D eigenvalue weighted by Gasteiger charge is -2.39. The van der Waals surface area contributed by atoms with Crippen molar-refractivity contribution in [1.29, 1.82) is 5.26 Å². The number of carbonyl (C=O) groups is 1. The molecule has 4 heteroatoms. The number of nitrogens with zero attached hydrogens (tertiary/aromatic N) is 1. The number of aryl methyl sites for hydroxylation is 1. The Balaban J connectivity index is 2.18. The van der Waals surface area contributed by atoms with Crippen LogP contribution in [0.4, 0.5) is 5.69 Å². The van der Waals surface area contributed by atoms with Crippen LogP contribution in [0, 0.1) is 22.7 Å². The summed E-state index contributed by atoms with van der Waals surface area (Å²) in [5, 5.41) is 12.2. The lowest BCUT2D eigenvalue weighted by molar-refractivity contribution is -0.128. The summed E-state index contributed by atoms with van der Waals surface area (Å²) in [4.78, 5) is 12.3. The minimum atomic E-state index is -0.822. The molecule has 0 saturated heterocycles. The van der Waals surface area contributed by atoms with Crippen molar-refractivity contribution in [2.75, 3.05) is 5.32 Å². The van der Waals surface area contributed by atoms with Gasteiger partial charge in [-0.15, -0.1) is 0 Å². The Kier molecular flexibility index (Phi) is 3.96. The Labute approximate surface area is 122 Å². The molecule has 2 rings (SSSR count). The Bertz CT molecular complexity index is 542. The molecule has 0 aliphatic heterocycles. The van der Waals surface area contributed by atoms with Gasteiger partial charge in [-0.3, -0.25) is 4.79 Å². The number of amides is 1. The van der Waals surface area contributed by atoms with E-state index >= 15 is 0 Å². The highest BCUT2D eigenvalue weighted by Gasteiger charge is 2.49. The largest absolute Gasteiger partial charge is 0.324 e. The fourth-order valence-corrected chi connectivity index (χ4v) is 3.08. The average molecular weight is 321 g/mol. The number of halogens is 1. The smallest absolute Gasteiger partial charge is 0.244 e. The van der Waals surface area contributed by atoms with E-state index in [2.05, 4.69) is 34.2 Å². The highest BCUT2D eigenvalue weighted by Crippen LogP contribution is 2.45. The highest BCUT2D eigenvalue weighted by atomic mass is 79.9. The lowest BCUT2D eigenvalue weighted by atomic mass is 9.63. The summed E-state index contributed by atoms with van der Waals surface area (Å²) in [6, 6.07) is 7.97. The van der Waals surface area contributed by atoms with Crippen molar-refractivity contribution in [2.45, 2.75) is 33.1 Å². The predicted molar refractivity (Wildman–Crippen MR) is 78.6 cm³/mol.